The lowest BCUT2D eigenvalue weighted by Crippen LogP contribution is -2.12. The Morgan fingerprint density at radius 1 is 1.33 bits per heavy atom. The van der Waals surface area contributed by atoms with Crippen LogP contribution < -0.4 is 10.6 Å². The number of carbonyl (C=O) groups is 1. The first-order valence-corrected chi connectivity index (χ1v) is 9.77. The van der Waals surface area contributed by atoms with Crippen LogP contribution in [0.5, 0.6) is 0 Å². The second-order valence-corrected chi connectivity index (χ2v) is 7.85. The Kier molecular flexibility index (Phi) is 5.87. The zero-order valence-electron chi connectivity index (χ0n) is 13.4. The second-order valence-electron chi connectivity index (χ2n) is 5.53. The monoisotopic (exact) mass is 360 g/mol. The van der Waals surface area contributed by atoms with E-state index in [0.29, 0.717) is 18.7 Å². The first-order chi connectivity index (χ1) is 11.7. The third kappa shape index (κ3) is 4.58. The van der Waals surface area contributed by atoms with Crippen molar-refractivity contribution in [3.63, 3.8) is 0 Å². The number of anilines is 2. The number of rotatable bonds is 8. The molecule has 1 aromatic carbocycles. The highest BCUT2D eigenvalue weighted by Gasteiger charge is 2.12. The maximum atomic E-state index is 12.1. The number of hydrogen-bond donors (Lipinski definition) is 2. The van der Waals surface area contributed by atoms with Gasteiger partial charge in [-0.2, -0.15) is 0 Å². The van der Waals surface area contributed by atoms with E-state index in [0.717, 1.165) is 28.0 Å². The third-order valence-electron chi connectivity index (χ3n) is 3.74. The van der Waals surface area contributed by atoms with E-state index in [9.17, 15) is 4.79 Å². The molecule has 0 radical (unpaired) electrons. The van der Waals surface area contributed by atoms with Crippen LogP contribution in [0.4, 0.5) is 10.8 Å². The van der Waals surface area contributed by atoms with Crippen LogP contribution in [-0.2, 0) is 17.6 Å². The van der Waals surface area contributed by atoms with Crippen molar-refractivity contribution >= 4 is 39.8 Å². The topological polar surface area (TPSA) is 66.9 Å². The summed E-state index contributed by atoms with van der Waals surface area (Å²) in [7, 11) is 0. The van der Waals surface area contributed by atoms with Crippen LogP contribution in [0.2, 0.25) is 0 Å². The van der Waals surface area contributed by atoms with Crippen molar-refractivity contribution in [2.45, 2.75) is 30.0 Å². The number of benzene rings is 1. The summed E-state index contributed by atoms with van der Waals surface area (Å²) in [6.45, 7) is 4.32. The predicted octanol–water partition coefficient (Wildman–Crippen LogP) is 3.75. The number of nitrogens with one attached hydrogen (secondary N) is 2. The zero-order valence-corrected chi connectivity index (χ0v) is 15.0. The minimum absolute atomic E-state index is 0.0370. The van der Waals surface area contributed by atoms with Crippen molar-refractivity contribution < 1.29 is 4.79 Å². The summed E-state index contributed by atoms with van der Waals surface area (Å²) in [5.74, 6) is 0.724. The molecule has 2 aromatic rings. The van der Waals surface area contributed by atoms with Crippen molar-refractivity contribution in [1.82, 2.24) is 10.2 Å². The minimum atomic E-state index is 0.0370. The number of hydrogen-bond acceptors (Lipinski definition) is 6. The summed E-state index contributed by atoms with van der Waals surface area (Å²) >= 11 is 3.04. The Hall–Kier alpha value is -1.86. The molecule has 1 aliphatic rings. The van der Waals surface area contributed by atoms with E-state index < -0.39 is 0 Å². The molecule has 3 rings (SSSR count). The summed E-state index contributed by atoms with van der Waals surface area (Å²) in [5.41, 5.74) is 3.69. The number of amides is 1. The Bertz CT molecular complexity index is 729. The Morgan fingerprint density at radius 2 is 2.21 bits per heavy atom. The molecule has 0 saturated heterocycles. The number of aromatic nitrogens is 2. The summed E-state index contributed by atoms with van der Waals surface area (Å²) in [6.07, 6.45) is 5.73. The van der Waals surface area contributed by atoms with E-state index in [4.69, 9.17) is 0 Å². The molecule has 5 nitrogen and oxygen atoms in total. The summed E-state index contributed by atoms with van der Waals surface area (Å²) < 4.78 is 0.867. The van der Waals surface area contributed by atoms with Gasteiger partial charge in [0.05, 0.1) is 0 Å². The van der Waals surface area contributed by atoms with E-state index in [2.05, 4.69) is 39.5 Å². The SMILES string of the molecule is C=CCNc1nnc(SCCC(=O)Nc2ccc3c(c2)CCC3)s1. The van der Waals surface area contributed by atoms with E-state index >= 15 is 0 Å². The van der Waals surface area contributed by atoms with Crippen LogP contribution in [-0.4, -0.2) is 28.4 Å². The highest BCUT2D eigenvalue weighted by Crippen LogP contribution is 2.27. The molecule has 1 amide bonds. The van der Waals surface area contributed by atoms with Crippen LogP contribution >= 0.6 is 23.1 Å². The molecular formula is C17H20N4OS2. The largest absolute Gasteiger partial charge is 0.357 e. The summed E-state index contributed by atoms with van der Waals surface area (Å²) in [5, 5.41) is 15.0. The van der Waals surface area contributed by atoms with Crippen molar-refractivity contribution in [2.75, 3.05) is 22.9 Å². The Labute approximate surface area is 150 Å². The first kappa shape index (κ1) is 17.0. The fourth-order valence-electron chi connectivity index (χ4n) is 2.60. The fraction of sp³-hybridized carbons (Fsp3) is 0.353. The first-order valence-electron chi connectivity index (χ1n) is 7.97. The lowest BCUT2D eigenvalue weighted by Gasteiger charge is -2.07. The predicted molar refractivity (Wildman–Crippen MR) is 101 cm³/mol. The van der Waals surface area contributed by atoms with Gasteiger partial charge in [-0.3, -0.25) is 4.79 Å². The van der Waals surface area contributed by atoms with E-state index in [1.807, 2.05) is 6.07 Å². The van der Waals surface area contributed by atoms with Crippen molar-refractivity contribution in [3.8, 4) is 0 Å². The standard InChI is InChI=1S/C17H20N4OS2/c1-2-9-18-16-20-21-17(24-16)23-10-8-15(22)19-14-7-6-12-4-3-5-13(12)11-14/h2,6-7,11H,1,3-5,8-10H2,(H,18,20)(H,19,22). The molecule has 0 bridgehead atoms. The van der Waals surface area contributed by atoms with Crippen LogP contribution in [0.3, 0.4) is 0 Å². The highest BCUT2D eigenvalue weighted by molar-refractivity contribution is 8.01. The lowest BCUT2D eigenvalue weighted by molar-refractivity contribution is -0.115. The number of aryl methyl sites for hydroxylation is 2. The van der Waals surface area contributed by atoms with Gasteiger partial charge in [0, 0.05) is 24.4 Å². The quantitative estimate of drug-likeness (QED) is 0.554. The van der Waals surface area contributed by atoms with Gasteiger partial charge in [0.2, 0.25) is 11.0 Å². The molecule has 1 aliphatic carbocycles. The van der Waals surface area contributed by atoms with Gasteiger partial charge < -0.3 is 10.6 Å². The molecule has 0 aliphatic heterocycles. The highest BCUT2D eigenvalue weighted by atomic mass is 32.2. The van der Waals surface area contributed by atoms with Gasteiger partial charge in [0.1, 0.15) is 0 Å². The van der Waals surface area contributed by atoms with Gasteiger partial charge in [-0.05, 0) is 42.5 Å². The maximum Gasteiger partial charge on any atom is 0.225 e. The molecule has 2 N–H and O–H groups in total. The zero-order chi connectivity index (χ0) is 16.8. The molecule has 0 atom stereocenters. The molecule has 7 heteroatoms. The van der Waals surface area contributed by atoms with E-state index in [1.165, 1.54) is 28.9 Å². The fourth-order valence-corrected chi connectivity index (χ4v) is 4.37. The van der Waals surface area contributed by atoms with Crippen LogP contribution in [0.25, 0.3) is 0 Å². The summed E-state index contributed by atoms with van der Waals surface area (Å²) in [6, 6.07) is 6.24. The maximum absolute atomic E-state index is 12.1. The average molecular weight is 361 g/mol. The van der Waals surface area contributed by atoms with Gasteiger partial charge >= 0.3 is 0 Å². The van der Waals surface area contributed by atoms with Gasteiger partial charge in [-0.25, -0.2) is 0 Å². The lowest BCUT2D eigenvalue weighted by atomic mass is 10.1. The molecule has 0 saturated carbocycles. The number of thioether (sulfide) groups is 1. The molecule has 1 aromatic heterocycles. The van der Waals surface area contributed by atoms with Gasteiger partial charge in [-0.1, -0.05) is 35.2 Å². The van der Waals surface area contributed by atoms with Crippen molar-refractivity contribution in [1.29, 1.82) is 0 Å². The van der Waals surface area contributed by atoms with Gasteiger partial charge in [0.15, 0.2) is 4.34 Å². The Balaban J connectivity index is 1.42. The van der Waals surface area contributed by atoms with Crippen LogP contribution in [0.15, 0.2) is 35.2 Å². The van der Waals surface area contributed by atoms with Crippen molar-refractivity contribution in [3.05, 3.63) is 42.0 Å². The Morgan fingerprint density at radius 3 is 3.08 bits per heavy atom. The molecule has 24 heavy (non-hydrogen) atoms. The van der Waals surface area contributed by atoms with Gasteiger partial charge in [-0.15, -0.1) is 16.8 Å². The number of nitrogens with zero attached hydrogens (tertiary/aromatic N) is 2. The molecule has 0 fully saturated rings. The van der Waals surface area contributed by atoms with Crippen molar-refractivity contribution in [2.24, 2.45) is 0 Å². The minimum Gasteiger partial charge on any atom is -0.357 e. The van der Waals surface area contributed by atoms with Crippen LogP contribution in [0.1, 0.15) is 24.0 Å². The molecule has 0 spiro atoms. The van der Waals surface area contributed by atoms with E-state index in [1.54, 1.807) is 17.8 Å². The number of fused-ring (bicyclic) bond motifs is 1. The smallest absolute Gasteiger partial charge is 0.225 e. The molecule has 0 unspecified atom stereocenters. The van der Waals surface area contributed by atoms with E-state index in [-0.39, 0.29) is 5.91 Å². The van der Waals surface area contributed by atoms with Crippen LogP contribution in [0, 0.1) is 0 Å². The third-order valence-corrected chi connectivity index (χ3v) is 5.76. The number of carbonyl (C=O) groups excluding carboxylic acids is 1. The average Bonchev–Trinajstić information content (AvgIpc) is 3.21. The molecule has 1 heterocycles. The molecular weight excluding hydrogens is 340 g/mol. The second kappa shape index (κ2) is 8.30. The molecule has 126 valence electrons. The van der Waals surface area contributed by atoms with Gasteiger partial charge in [0.25, 0.3) is 0 Å². The summed E-state index contributed by atoms with van der Waals surface area (Å²) in [4.78, 5) is 12.1. The normalized spacial score (nSPS) is 12.7.